The Labute approximate surface area is 50.7 Å². The minimum atomic E-state index is -0.417. The van der Waals surface area contributed by atoms with E-state index < -0.39 is 6.10 Å². The van der Waals surface area contributed by atoms with Crippen molar-refractivity contribution in [2.75, 3.05) is 0 Å². The molecule has 0 heterocycles. The Morgan fingerprint density at radius 3 is 2.38 bits per heavy atom. The molecule has 0 fully saturated rings. The lowest BCUT2D eigenvalue weighted by molar-refractivity contribution is 0.149. The van der Waals surface area contributed by atoms with Gasteiger partial charge in [0.25, 0.3) is 0 Å². The van der Waals surface area contributed by atoms with Crippen LogP contribution in [0.15, 0.2) is 0 Å². The average Bonchev–Trinajstić information content (AvgIpc) is 1.67. The van der Waals surface area contributed by atoms with Gasteiger partial charge in [0.05, 0.1) is 6.10 Å². The topological polar surface area (TPSA) is 46.2 Å². The van der Waals surface area contributed by atoms with Crippen molar-refractivity contribution in [3.63, 3.8) is 0 Å². The molecule has 8 heavy (non-hydrogen) atoms. The summed E-state index contributed by atoms with van der Waals surface area (Å²) in [5.41, 5.74) is 5.26. The summed E-state index contributed by atoms with van der Waals surface area (Å²) in [5.74, 6) is 0. The van der Waals surface area contributed by atoms with E-state index in [2.05, 4.69) is 6.92 Å². The Bertz CT molecular complexity index is 54.5. The molecule has 0 aromatic carbocycles. The molecule has 1 radical (unpaired) electrons. The molecule has 2 nitrogen and oxygen atoms in total. The van der Waals surface area contributed by atoms with E-state index in [1.54, 1.807) is 0 Å². The summed E-state index contributed by atoms with van der Waals surface area (Å²) in [6, 6.07) is -0.324. The second kappa shape index (κ2) is 3.87. The third-order valence-electron chi connectivity index (χ3n) is 1.08. The van der Waals surface area contributed by atoms with Crippen LogP contribution in [-0.2, 0) is 0 Å². The molecule has 0 spiro atoms. The van der Waals surface area contributed by atoms with Crippen LogP contribution in [-0.4, -0.2) is 17.3 Å². The molecule has 2 heteroatoms. The second-order valence-electron chi connectivity index (χ2n) is 2.02. The molecule has 49 valence electrons. The van der Waals surface area contributed by atoms with Crippen LogP contribution in [0.3, 0.4) is 0 Å². The Hall–Kier alpha value is -0.0800. The zero-order chi connectivity index (χ0) is 6.57. The predicted octanol–water partition coefficient (Wildman–Crippen LogP) is 0.309. The van der Waals surface area contributed by atoms with E-state index in [4.69, 9.17) is 10.8 Å². The Morgan fingerprint density at radius 2 is 2.25 bits per heavy atom. The summed E-state index contributed by atoms with van der Waals surface area (Å²) in [6.45, 7) is 5.49. The first-order valence-electron chi connectivity index (χ1n) is 2.95. The van der Waals surface area contributed by atoms with E-state index in [9.17, 15) is 0 Å². The van der Waals surface area contributed by atoms with Crippen molar-refractivity contribution < 1.29 is 5.11 Å². The van der Waals surface area contributed by atoms with Gasteiger partial charge < -0.3 is 10.8 Å². The van der Waals surface area contributed by atoms with Crippen LogP contribution in [0.1, 0.15) is 19.8 Å². The molecule has 0 saturated carbocycles. The van der Waals surface area contributed by atoms with Gasteiger partial charge in [-0.1, -0.05) is 13.3 Å². The maximum Gasteiger partial charge on any atom is 0.0691 e. The summed E-state index contributed by atoms with van der Waals surface area (Å²) in [4.78, 5) is 0. The third kappa shape index (κ3) is 2.99. The molecule has 0 amide bonds. The molecule has 3 N–H and O–H groups in total. The highest BCUT2D eigenvalue weighted by Gasteiger charge is 2.06. The largest absolute Gasteiger partial charge is 0.392 e. The van der Waals surface area contributed by atoms with Gasteiger partial charge in [-0.3, -0.25) is 0 Å². The fourth-order valence-electron chi connectivity index (χ4n) is 0.510. The number of hydrogen-bond donors (Lipinski definition) is 2. The molecular weight excluding hydrogens is 102 g/mol. The smallest absolute Gasteiger partial charge is 0.0691 e. The number of hydrogen-bond acceptors (Lipinski definition) is 2. The van der Waals surface area contributed by atoms with Gasteiger partial charge in [0, 0.05) is 6.04 Å². The summed E-state index contributed by atoms with van der Waals surface area (Å²) < 4.78 is 0. The minimum absolute atomic E-state index is 0.324. The number of nitrogens with two attached hydrogens (primary N) is 1. The van der Waals surface area contributed by atoms with Gasteiger partial charge in [0.15, 0.2) is 0 Å². The third-order valence-corrected chi connectivity index (χ3v) is 1.08. The molecule has 2 atom stereocenters. The van der Waals surface area contributed by atoms with Gasteiger partial charge >= 0.3 is 0 Å². The maximum atomic E-state index is 8.94. The quantitative estimate of drug-likeness (QED) is 0.557. The van der Waals surface area contributed by atoms with Crippen LogP contribution < -0.4 is 5.73 Å². The lowest BCUT2D eigenvalue weighted by Crippen LogP contribution is -2.31. The maximum absolute atomic E-state index is 8.94. The normalized spacial score (nSPS) is 18.0. The Balaban J connectivity index is 3.17. The minimum Gasteiger partial charge on any atom is -0.392 e. The molecule has 0 aliphatic rings. The van der Waals surface area contributed by atoms with Crippen LogP contribution in [0.25, 0.3) is 0 Å². The predicted molar refractivity (Wildman–Crippen MR) is 34.2 cm³/mol. The monoisotopic (exact) mass is 116 g/mol. The summed E-state index contributed by atoms with van der Waals surface area (Å²) in [7, 11) is 0. The first-order valence-corrected chi connectivity index (χ1v) is 2.95. The van der Waals surface area contributed by atoms with E-state index in [1.807, 2.05) is 6.92 Å². The number of rotatable bonds is 3. The van der Waals surface area contributed by atoms with E-state index in [0.717, 1.165) is 12.8 Å². The molecule has 0 aromatic heterocycles. The highest BCUT2D eigenvalue weighted by Crippen LogP contribution is 1.97. The van der Waals surface area contributed by atoms with Crippen molar-refractivity contribution in [1.29, 1.82) is 0 Å². The van der Waals surface area contributed by atoms with Gasteiger partial charge in [-0.25, -0.2) is 0 Å². The van der Waals surface area contributed by atoms with Gasteiger partial charge in [0.1, 0.15) is 0 Å². The Kier molecular flexibility index (Phi) is 3.83. The molecule has 0 aromatic rings. The first-order chi connectivity index (χ1) is 3.68. The fourth-order valence-corrected chi connectivity index (χ4v) is 0.510. The summed E-state index contributed by atoms with van der Waals surface area (Å²) >= 11 is 0. The molecule has 0 unspecified atom stereocenters. The van der Waals surface area contributed by atoms with E-state index >= 15 is 0 Å². The van der Waals surface area contributed by atoms with Gasteiger partial charge in [0.2, 0.25) is 0 Å². The molecule has 0 aliphatic heterocycles. The van der Waals surface area contributed by atoms with Crippen LogP contribution in [0.2, 0.25) is 0 Å². The van der Waals surface area contributed by atoms with Crippen molar-refractivity contribution in [2.45, 2.75) is 31.9 Å². The molecule has 0 aliphatic carbocycles. The fraction of sp³-hybridized carbons (Fsp3) is 0.833. The zero-order valence-corrected chi connectivity index (χ0v) is 5.30. The standard InChI is InChI=1S/C6H14NO/c1-3-4-6(8)5(2)7/h5-6,8H,2-4,7H2,1H3/t5-,6-/m0/s1. The molecule has 0 rings (SSSR count). The average molecular weight is 116 g/mol. The van der Waals surface area contributed by atoms with Crippen molar-refractivity contribution in [2.24, 2.45) is 5.73 Å². The molecule has 0 bridgehead atoms. The van der Waals surface area contributed by atoms with E-state index in [1.165, 1.54) is 0 Å². The van der Waals surface area contributed by atoms with Crippen LogP contribution >= 0.6 is 0 Å². The lowest BCUT2D eigenvalue weighted by atomic mass is 10.1. The highest BCUT2D eigenvalue weighted by atomic mass is 16.3. The van der Waals surface area contributed by atoms with E-state index in [0.29, 0.717) is 0 Å². The first kappa shape index (κ1) is 7.92. The Morgan fingerprint density at radius 1 is 1.75 bits per heavy atom. The zero-order valence-electron chi connectivity index (χ0n) is 5.30. The highest BCUT2D eigenvalue weighted by molar-refractivity contribution is 4.72. The van der Waals surface area contributed by atoms with Gasteiger partial charge in [-0.15, -0.1) is 0 Å². The second-order valence-corrected chi connectivity index (χ2v) is 2.02. The van der Waals surface area contributed by atoms with Crippen LogP contribution in [0, 0.1) is 6.92 Å². The van der Waals surface area contributed by atoms with Crippen molar-refractivity contribution in [1.82, 2.24) is 0 Å². The number of aliphatic hydroxyl groups excluding tert-OH is 1. The van der Waals surface area contributed by atoms with E-state index in [-0.39, 0.29) is 6.04 Å². The van der Waals surface area contributed by atoms with Gasteiger partial charge in [-0.05, 0) is 13.3 Å². The number of aliphatic hydroxyl groups is 1. The summed E-state index contributed by atoms with van der Waals surface area (Å²) in [5, 5.41) is 8.94. The van der Waals surface area contributed by atoms with Gasteiger partial charge in [-0.2, -0.15) is 0 Å². The SMILES string of the molecule is [CH2][C@H](N)[C@@H](O)CCC. The molecular formula is C6H14NO. The van der Waals surface area contributed by atoms with Crippen LogP contribution in [0.4, 0.5) is 0 Å². The van der Waals surface area contributed by atoms with Crippen molar-refractivity contribution in [3.8, 4) is 0 Å². The van der Waals surface area contributed by atoms with Crippen molar-refractivity contribution in [3.05, 3.63) is 6.92 Å². The lowest BCUT2D eigenvalue weighted by Gasteiger charge is -2.11. The molecule has 0 saturated heterocycles. The van der Waals surface area contributed by atoms with Crippen molar-refractivity contribution >= 4 is 0 Å². The summed E-state index contributed by atoms with van der Waals surface area (Å²) in [6.07, 6.45) is 1.30. The van der Waals surface area contributed by atoms with Crippen LogP contribution in [0.5, 0.6) is 0 Å².